The lowest BCUT2D eigenvalue weighted by molar-refractivity contribution is 0.0956. The minimum absolute atomic E-state index is 0.0698. The maximum Gasteiger partial charge on any atom is 0.292 e. The van der Waals surface area contributed by atoms with Crippen molar-refractivity contribution in [2.45, 2.75) is 39.5 Å². The number of anilines is 1. The third-order valence-corrected chi connectivity index (χ3v) is 6.28. The summed E-state index contributed by atoms with van der Waals surface area (Å²) in [6.45, 7) is 4.26. The van der Waals surface area contributed by atoms with Gasteiger partial charge in [-0.3, -0.25) is 14.4 Å². The average Bonchev–Trinajstić information content (AvgIpc) is 3.06. The first-order valence-electron chi connectivity index (χ1n) is 9.76. The summed E-state index contributed by atoms with van der Waals surface area (Å²) in [7, 11) is 0. The number of hydrogen-bond acceptors (Lipinski definition) is 5. The van der Waals surface area contributed by atoms with E-state index >= 15 is 0 Å². The molecular formula is C22H22N2O4S. The van der Waals surface area contributed by atoms with Crippen molar-refractivity contribution in [3.63, 3.8) is 0 Å². The number of nitrogens with one attached hydrogen (secondary N) is 2. The second-order valence-electron chi connectivity index (χ2n) is 7.20. The van der Waals surface area contributed by atoms with Gasteiger partial charge in [-0.25, -0.2) is 0 Å². The number of carbonyl (C=O) groups excluding carboxylic acids is 2. The Labute approximate surface area is 171 Å². The van der Waals surface area contributed by atoms with Gasteiger partial charge in [0.05, 0.1) is 10.9 Å². The molecule has 0 spiro atoms. The number of aryl methyl sites for hydroxylation is 2. The predicted molar refractivity (Wildman–Crippen MR) is 114 cm³/mol. The fourth-order valence-corrected chi connectivity index (χ4v) is 4.97. The molecule has 150 valence electrons. The molecule has 0 radical (unpaired) electrons. The van der Waals surface area contributed by atoms with Gasteiger partial charge >= 0.3 is 0 Å². The lowest BCUT2D eigenvalue weighted by Gasteiger charge is -2.12. The van der Waals surface area contributed by atoms with Crippen LogP contribution in [0.2, 0.25) is 0 Å². The monoisotopic (exact) mass is 410 g/mol. The van der Waals surface area contributed by atoms with Gasteiger partial charge in [-0.1, -0.05) is 11.6 Å². The number of hydrogen-bond donors (Lipinski definition) is 2. The molecule has 2 aromatic heterocycles. The van der Waals surface area contributed by atoms with E-state index in [9.17, 15) is 14.4 Å². The molecule has 0 fully saturated rings. The molecule has 0 aliphatic heterocycles. The van der Waals surface area contributed by atoms with Crippen LogP contribution in [-0.4, -0.2) is 18.4 Å². The van der Waals surface area contributed by atoms with Crippen LogP contribution in [0.3, 0.4) is 0 Å². The number of benzene rings is 1. The smallest absolute Gasteiger partial charge is 0.292 e. The van der Waals surface area contributed by atoms with Gasteiger partial charge in [-0.05, 0) is 57.2 Å². The summed E-state index contributed by atoms with van der Waals surface area (Å²) in [6.07, 6.45) is 3.85. The average molecular weight is 410 g/mol. The van der Waals surface area contributed by atoms with Crippen molar-refractivity contribution in [3.8, 4) is 0 Å². The minimum Gasteiger partial charge on any atom is -0.451 e. The summed E-state index contributed by atoms with van der Waals surface area (Å²) in [5.41, 5.74) is 2.60. The molecule has 7 heteroatoms. The lowest BCUT2D eigenvalue weighted by atomic mass is 9.95. The molecule has 0 saturated carbocycles. The summed E-state index contributed by atoms with van der Waals surface area (Å²) in [6, 6.07) is 6.46. The molecule has 0 saturated heterocycles. The first-order chi connectivity index (χ1) is 14.0. The Morgan fingerprint density at radius 2 is 1.93 bits per heavy atom. The standard InChI is InChI=1S/C22H22N2O4S/c1-3-23-21(27)19-13-6-4-5-7-18(13)29-22(19)24-20(26)17-11-15(25)14-10-12(2)8-9-16(14)28-17/h8-11H,3-7H2,1-2H3,(H,23,27)(H,24,26). The van der Waals surface area contributed by atoms with Crippen LogP contribution in [0.4, 0.5) is 5.00 Å². The summed E-state index contributed by atoms with van der Waals surface area (Å²) < 4.78 is 5.67. The number of fused-ring (bicyclic) bond motifs is 2. The molecule has 0 bridgehead atoms. The Bertz CT molecular complexity index is 1180. The van der Waals surface area contributed by atoms with E-state index in [2.05, 4.69) is 10.6 Å². The van der Waals surface area contributed by atoms with Crippen molar-refractivity contribution in [2.75, 3.05) is 11.9 Å². The lowest BCUT2D eigenvalue weighted by Crippen LogP contribution is -2.25. The van der Waals surface area contributed by atoms with Crippen LogP contribution in [0, 0.1) is 6.92 Å². The predicted octanol–water partition coefficient (Wildman–Crippen LogP) is 4.04. The highest BCUT2D eigenvalue weighted by Gasteiger charge is 2.27. The van der Waals surface area contributed by atoms with E-state index < -0.39 is 5.91 Å². The molecule has 3 aromatic rings. The van der Waals surface area contributed by atoms with E-state index in [1.54, 1.807) is 12.1 Å². The summed E-state index contributed by atoms with van der Waals surface area (Å²) >= 11 is 1.44. The van der Waals surface area contributed by atoms with Gasteiger partial charge in [0.1, 0.15) is 10.6 Å². The van der Waals surface area contributed by atoms with E-state index in [0.717, 1.165) is 41.7 Å². The van der Waals surface area contributed by atoms with Crippen LogP contribution in [0.25, 0.3) is 11.0 Å². The van der Waals surface area contributed by atoms with Gasteiger partial charge in [-0.2, -0.15) is 0 Å². The summed E-state index contributed by atoms with van der Waals surface area (Å²) in [5.74, 6) is -0.786. The minimum atomic E-state index is -0.534. The summed E-state index contributed by atoms with van der Waals surface area (Å²) in [5, 5.41) is 6.60. The molecule has 0 atom stereocenters. The SMILES string of the molecule is CCNC(=O)c1c(NC(=O)c2cc(=O)c3cc(C)ccc3o2)sc2c1CCCC2. The van der Waals surface area contributed by atoms with E-state index in [0.29, 0.717) is 28.1 Å². The topological polar surface area (TPSA) is 88.4 Å². The zero-order valence-corrected chi connectivity index (χ0v) is 17.2. The van der Waals surface area contributed by atoms with Crippen LogP contribution in [0.15, 0.2) is 33.5 Å². The van der Waals surface area contributed by atoms with Gasteiger partial charge in [0.2, 0.25) is 0 Å². The molecule has 2 amide bonds. The van der Waals surface area contributed by atoms with E-state index in [4.69, 9.17) is 4.42 Å². The third-order valence-electron chi connectivity index (χ3n) is 5.07. The van der Waals surface area contributed by atoms with Crippen molar-refractivity contribution >= 4 is 39.1 Å². The Kier molecular flexibility index (Phi) is 5.24. The highest BCUT2D eigenvalue weighted by Crippen LogP contribution is 2.38. The van der Waals surface area contributed by atoms with Gasteiger partial charge in [0, 0.05) is 17.5 Å². The largest absolute Gasteiger partial charge is 0.451 e. The Hall–Kier alpha value is -2.93. The Morgan fingerprint density at radius 3 is 2.72 bits per heavy atom. The molecule has 6 nitrogen and oxygen atoms in total. The van der Waals surface area contributed by atoms with Crippen molar-refractivity contribution in [3.05, 3.63) is 61.8 Å². The van der Waals surface area contributed by atoms with E-state index in [-0.39, 0.29) is 17.1 Å². The van der Waals surface area contributed by atoms with Gasteiger partial charge in [0.15, 0.2) is 11.2 Å². The molecule has 1 aliphatic rings. The normalized spacial score (nSPS) is 13.2. The van der Waals surface area contributed by atoms with Crippen molar-refractivity contribution < 1.29 is 14.0 Å². The van der Waals surface area contributed by atoms with E-state index in [1.807, 2.05) is 19.9 Å². The second-order valence-corrected chi connectivity index (χ2v) is 8.31. The highest BCUT2D eigenvalue weighted by atomic mass is 32.1. The van der Waals surface area contributed by atoms with Crippen LogP contribution in [-0.2, 0) is 12.8 Å². The molecule has 1 aliphatic carbocycles. The fraction of sp³-hybridized carbons (Fsp3) is 0.318. The Balaban J connectivity index is 1.71. The van der Waals surface area contributed by atoms with Crippen molar-refractivity contribution in [1.82, 2.24) is 5.32 Å². The van der Waals surface area contributed by atoms with Crippen LogP contribution >= 0.6 is 11.3 Å². The molecular weight excluding hydrogens is 388 g/mol. The molecule has 1 aromatic carbocycles. The van der Waals surface area contributed by atoms with Crippen molar-refractivity contribution in [2.24, 2.45) is 0 Å². The molecule has 4 rings (SSSR count). The number of amides is 2. The van der Waals surface area contributed by atoms with Crippen LogP contribution < -0.4 is 16.1 Å². The quantitative estimate of drug-likeness (QED) is 0.679. The van der Waals surface area contributed by atoms with Gasteiger partial charge in [0.25, 0.3) is 11.8 Å². The first-order valence-corrected chi connectivity index (χ1v) is 10.6. The second kappa shape index (κ2) is 7.83. The zero-order chi connectivity index (χ0) is 20.5. The molecule has 2 N–H and O–H groups in total. The molecule has 29 heavy (non-hydrogen) atoms. The number of carbonyl (C=O) groups is 2. The van der Waals surface area contributed by atoms with E-state index in [1.165, 1.54) is 17.4 Å². The van der Waals surface area contributed by atoms with Gasteiger partial charge in [-0.15, -0.1) is 11.3 Å². The Morgan fingerprint density at radius 1 is 1.14 bits per heavy atom. The fourth-order valence-electron chi connectivity index (χ4n) is 3.69. The van der Waals surface area contributed by atoms with Crippen molar-refractivity contribution in [1.29, 1.82) is 0 Å². The zero-order valence-electron chi connectivity index (χ0n) is 16.4. The third kappa shape index (κ3) is 3.70. The van der Waals surface area contributed by atoms with Gasteiger partial charge < -0.3 is 15.1 Å². The van der Waals surface area contributed by atoms with Crippen LogP contribution in [0.5, 0.6) is 0 Å². The maximum absolute atomic E-state index is 12.9. The highest BCUT2D eigenvalue weighted by molar-refractivity contribution is 7.17. The number of thiophene rings is 1. The van der Waals surface area contributed by atoms with Crippen LogP contribution in [0.1, 0.15) is 56.7 Å². The summed E-state index contributed by atoms with van der Waals surface area (Å²) in [4.78, 5) is 39.1. The molecule has 0 unspecified atom stereocenters. The maximum atomic E-state index is 12.9. The molecule has 2 heterocycles. The number of rotatable bonds is 4. The first kappa shape index (κ1) is 19.4.